The second kappa shape index (κ2) is 4.77. The molecule has 4 nitrogen and oxygen atoms in total. The molecule has 1 rings (SSSR count). The fourth-order valence-electron chi connectivity index (χ4n) is 1.08. The van der Waals surface area contributed by atoms with Crippen molar-refractivity contribution in [3.63, 3.8) is 0 Å². The van der Waals surface area contributed by atoms with E-state index in [-0.39, 0.29) is 6.04 Å². The van der Waals surface area contributed by atoms with Gasteiger partial charge in [0.1, 0.15) is 5.82 Å². The summed E-state index contributed by atoms with van der Waals surface area (Å²) in [7, 11) is 1.68. The molecule has 0 aromatic carbocycles. The predicted octanol–water partition coefficient (Wildman–Crippen LogP) is 1.23. The van der Waals surface area contributed by atoms with Gasteiger partial charge >= 0.3 is 0 Å². The predicted molar refractivity (Wildman–Crippen MR) is 51.7 cm³/mol. The highest BCUT2D eigenvalue weighted by molar-refractivity contribution is 5.35. The van der Waals surface area contributed by atoms with E-state index in [2.05, 4.69) is 15.5 Å². The lowest BCUT2D eigenvalue weighted by molar-refractivity contribution is 0.190. The van der Waals surface area contributed by atoms with Gasteiger partial charge in [0.15, 0.2) is 0 Å². The number of nitrogens with one attached hydrogen (secondary N) is 1. The van der Waals surface area contributed by atoms with Crippen molar-refractivity contribution in [2.75, 3.05) is 19.0 Å². The fraction of sp³-hybridized carbons (Fsp3) is 0.556. The van der Waals surface area contributed by atoms with Crippen LogP contribution in [0.2, 0.25) is 0 Å². The molecule has 0 amide bonds. The van der Waals surface area contributed by atoms with Crippen molar-refractivity contribution >= 4 is 5.82 Å². The van der Waals surface area contributed by atoms with Crippen molar-refractivity contribution < 1.29 is 4.74 Å². The van der Waals surface area contributed by atoms with Gasteiger partial charge < -0.3 is 10.1 Å². The first-order valence-electron chi connectivity index (χ1n) is 4.27. The molecule has 1 aromatic heterocycles. The summed E-state index contributed by atoms with van der Waals surface area (Å²) in [6.07, 6.45) is 1.73. The average molecular weight is 181 g/mol. The van der Waals surface area contributed by atoms with E-state index in [0.717, 1.165) is 11.4 Å². The van der Waals surface area contributed by atoms with E-state index < -0.39 is 0 Å². The lowest BCUT2D eigenvalue weighted by atomic mass is 10.3. The van der Waals surface area contributed by atoms with Crippen molar-refractivity contribution in [2.45, 2.75) is 19.9 Å². The van der Waals surface area contributed by atoms with E-state index in [0.29, 0.717) is 6.61 Å². The van der Waals surface area contributed by atoms with Crippen LogP contribution in [0.1, 0.15) is 12.5 Å². The van der Waals surface area contributed by atoms with Crippen molar-refractivity contribution in [1.29, 1.82) is 0 Å². The van der Waals surface area contributed by atoms with Gasteiger partial charge in [-0.2, -0.15) is 5.10 Å². The third-order valence-electron chi connectivity index (χ3n) is 1.60. The van der Waals surface area contributed by atoms with Crippen LogP contribution in [0.15, 0.2) is 12.3 Å². The fourth-order valence-corrected chi connectivity index (χ4v) is 1.08. The Labute approximate surface area is 78.3 Å². The molecule has 0 aliphatic rings. The topological polar surface area (TPSA) is 47.0 Å². The molecule has 0 radical (unpaired) electrons. The van der Waals surface area contributed by atoms with E-state index in [1.54, 1.807) is 13.3 Å². The summed E-state index contributed by atoms with van der Waals surface area (Å²) >= 11 is 0. The molecule has 13 heavy (non-hydrogen) atoms. The van der Waals surface area contributed by atoms with E-state index in [9.17, 15) is 0 Å². The molecule has 72 valence electrons. The molecule has 0 saturated heterocycles. The normalized spacial score (nSPS) is 12.5. The van der Waals surface area contributed by atoms with Gasteiger partial charge in [-0.25, -0.2) is 0 Å². The molecular formula is C9H15N3O. The number of nitrogens with zero attached hydrogens (tertiary/aromatic N) is 2. The molecule has 0 aliphatic heterocycles. The Morgan fingerprint density at radius 1 is 1.62 bits per heavy atom. The first-order valence-corrected chi connectivity index (χ1v) is 4.27. The SMILES string of the molecule is COCC(C)Nc1cc(C)cnn1. The van der Waals surface area contributed by atoms with Gasteiger partial charge in [-0.3, -0.25) is 0 Å². The average Bonchev–Trinajstić information content (AvgIpc) is 2.04. The minimum Gasteiger partial charge on any atom is -0.383 e. The van der Waals surface area contributed by atoms with Crippen molar-refractivity contribution in [2.24, 2.45) is 0 Å². The van der Waals surface area contributed by atoms with Crippen molar-refractivity contribution in [3.05, 3.63) is 17.8 Å². The van der Waals surface area contributed by atoms with E-state index >= 15 is 0 Å². The Morgan fingerprint density at radius 2 is 2.38 bits per heavy atom. The minimum absolute atomic E-state index is 0.251. The molecule has 1 atom stereocenters. The summed E-state index contributed by atoms with van der Waals surface area (Å²) in [6.45, 7) is 4.68. The number of ether oxygens (including phenoxy) is 1. The Hall–Kier alpha value is -1.16. The largest absolute Gasteiger partial charge is 0.383 e. The van der Waals surface area contributed by atoms with Gasteiger partial charge in [0.25, 0.3) is 0 Å². The molecule has 1 aromatic rings. The van der Waals surface area contributed by atoms with Crippen LogP contribution in [0.4, 0.5) is 5.82 Å². The van der Waals surface area contributed by atoms with Gasteiger partial charge in [-0.05, 0) is 25.5 Å². The third-order valence-corrected chi connectivity index (χ3v) is 1.60. The highest BCUT2D eigenvalue weighted by Gasteiger charge is 2.01. The lowest BCUT2D eigenvalue weighted by Crippen LogP contribution is -2.21. The summed E-state index contributed by atoms with van der Waals surface area (Å²) < 4.78 is 5.00. The van der Waals surface area contributed by atoms with Gasteiger partial charge in [-0.15, -0.1) is 5.10 Å². The molecule has 1 heterocycles. The van der Waals surface area contributed by atoms with Crippen molar-refractivity contribution in [1.82, 2.24) is 10.2 Å². The van der Waals surface area contributed by atoms with Crippen LogP contribution in [0.25, 0.3) is 0 Å². The number of rotatable bonds is 4. The zero-order valence-corrected chi connectivity index (χ0v) is 8.24. The summed E-state index contributed by atoms with van der Waals surface area (Å²) in [5.41, 5.74) is 1.10. The first kappa shape index (κ1) is 9.92. The van der Waals surface area contributed by atoms with Crippen LogP contribution in [0.5, 0.6) is 0 Å². The Bertz CT molecular complexity index is 265. The number of aromatic nitrogens is 2. The lowest BCUT2D eigenvalue weighted by Gasteiger charge is -2.12. The number of aryl methyl sites for hydroxylation is 1. The van der Waals surface area contributed by atoms with Crippen LogP contribution in [-0.2, 0) is 4.74 Å². The second-order valence-electron chi connectivity index (χ2n) is 3.12. The van der Waals surface area contributed by atoms with Crippen LogP contribution in [-0.4, -0.2) is 30.0 Å². The highest BCUT2D eigenvalue weighted by atomic mass is 16.5. The van der Waals surface area contributed by atoms with E-state index in [1.807, 2.05) is 19.9 Å². The van der Waals surface area contributed by atoms with Crippen LogP contribution >= 0.6 is 0 Å². The maximum Gasteiger partial charge on any atom is 0.149 e. The van der Waals surface area contributed by atoms with Gasteiger partial charge in [0, 0.05) is 13.2 Å². The Balaban J connectivity index is 2.53. The number of anilines is 1. The molecule has 4 heteroatoms. The summed E-state index contributed by atoms with van der Waals surface area (Å²) in [6, 6.07) is 2.21. The Morgan fingerprint density at radius 3 is 3.00 bits per heavy atom. The third kappa shape index (κ3) is 3.38. The summed E-state index contributed by atoms with van der Waals surface area (Å²) in [4.78, 5) is 0. The van der Waals surface area contributed by atoms with Crippen LogP contribution in [0, 0.1) is 6.92 Å². The highest BCUT2D eigenvalue weighted by Crippen LogP contribution is 2.04. The quantitative estimate of drug-likeness (QED) is 0.759. The summed E-state index contributed by atoms with van der Waals surface area (Å²) in [5.74, 6) is 0.796. The molecule has 1 unspecified atom stereocenters. The van der Waals surface area contributed by atoms with Crippen molar-refractivity contribution in [3.8, 4) is 0 Å². The maximum atomic E-state index is 5.00. The molecule has 0 spiro atoms. The molecule has 0 bridgehead atoms. The van der Waals surface area contributed by atoms with Gasteiger partial charge in [-0.1, -0.05) is 0 Å². The van der Waals surface area contributed by atoms with E-state index in [4.69, 9.17) is 4.74 Å². The number of hydrogen-bond donors (Lipinski definition) is 1. The smallest absolute Gasteiger partial charge is 0.149 e. The zero-order chi connectivity index (χ0) is 9.68. The standard InChI is InChI=1S/C9H15N3O/c1-7-4-9(12-10-5-7)11-8(2)6-13-3/h4-5,8H,6H2,1-3H3,(H,11,12). The van der Waals surface area contributed by atoms with E-state index in [1.165, 1.54) is 0 Å². The molecule has 0 saturated carbocycles. The Kier molecular flexibility index (Phi) is 3.64. The maximum absolute atomic E-state index is 5.00. The molecule has 0 fully saturated rings. The molecule has 1 N–H and O–H groups in total. The van der Waals surface area contributed by atoms with Crippen LogP contribution < -0.4 is 5.32 Å². The number of methoxy groups -OCH3 is 1. The number of hydrogen-bond acceptors (Lipinski definition) is 4. The zero-order valence-electron chi connectivity index (χ0n) is 8.24. The van der Waals surface area contributed by atoms with Crippen LogP contribution in [0.3, 0.4) is 0 Å². The molecular weight excluding hydrogens is 166 g/mol. The van der Waals surface area contributed by atoms with Gasteiger partial charge in [0.05, 0.1) is 12.8 Å². The summed E-state index contributed by atoms with van der Waals surface area (Å²) in [5, 5.41) is 11.0. The molecule has 0 aliphatic carbocycles. The first-order chi connectivity index (χ1) is 6.22. The minimum atomic E-state index is 0.251. The second-order valence-corrected chi connectivity index (χ2v) is 3.12. The van der Waals surface area contributed by atoms with Gasteiger partial charge in [0.2, 0.25) is 0 Å². The monoisotopic (exact) mass is 181 g/mol.